The van der Waals surface area contributed by atoms with Crippen LogP contribution in [0.5, 0.6) is 0 Å². The molecule has 0 aliphatic heterocycles. The summed E-state index contributed by atoms with van der Waals surface area (Å²) < 4.78 is 19.5. The van der Waals surface area contributed by atoms with Gasteiger partial charge in [0, 0.05) is 10.2 Å². The van der Waals surface area contributed by atoms with Gasteiger partial charge >= 0.3 is 0 Å². The van der Waals surface area contributed by atoms with Gasteiger partial charge in [-0.3, -0.25) is 0 Å². The minimum absolute atomic E-state index is 0.306. The lowest BCUT2D eigenvalue weighted by atomic mass is 10.2. The fourth-order valence-electron chi connectivity index (χ4n) is 1.74. The number of halogens is 2. The summed E-state index contributed by atoms with van der Waals surface area (Å²) in [5.41, 5.74) is 8.04. The van der Waals surface area contributed by atoms with Crippen LogP contribution in [0.25, 0.3) is 22.6 Å². The van der Waals surface area contributed by atoms with E-state index in [9.17, 15) is 4.39 Å². The highest BCUT2D eigenvalue weighted by Gasteiger charge is 2.11. The second kappa shape index (κ2) is 4.10. The van der Waals surface area contributed by atoms with Gasteiger partial charge in [-0.15, -0.1) is 0 Å². The third kappa shape index (κ3) is 1.86. The topological polar surface area (TPSA) is 52.0 Å². The summed E-state index contributed by atoms with van der Waals surface area (Å²) in [5, 5.41) is 0. The maximum atomic E-state index is 13.0. The van der Waals surface area contributed by atoms with E-state index in [0.717, 1.165) is 9.99 Å². The number of fused-ring (bicyclic) bond motifs is 1. The Morgan fingerprint density at radius 3 is 2.78 bits per heavy atom. The number of benzene rings is 2. The molecule has 0 aliphatic rings. The lowest BCUT2D eigenvalue weighted by Crippen LogP contribution is -1.91. The third-order valence-electron chi connectivity index (χ3n) is 2.59. The molecular weight excluding hydrogens is 299 g/mol. The molecule has 0 aliphatic carbocycles. The van der Waals surface area contributed by atoms with Gasteiger partial charge in [0.1, 0.15) is 11.3 Å². The summed E-state index contributed by atoms with van der Waals surface area (Å²) in [6, 6.07) is 9.67. The van der Waals surface area contributed by atoms with Gasteiger partial charge in [-0.05, 0) is 36.4 Å². The largest absolute Gasteiger partial charge is 0.436 e. The lowest BCUT2D eigenvalue weighted by Gasteiger charge is -2.00. The predicted octanol–water partition coefficient (Wildman–Crippen LogP) is 3.98. The molecule has 0 atom stereocenters. The molecule has 0 saturated carbocycles. The number of rotatable bonds is 1. The normalized spacial score (nSPS) is 11.0. The molecule has 0 fully saturated rings. The molecule has 0 unspecified atom stereocenters. The zero-order chi connectivity index (χ0) is 12.7. The second-order valence-corrected chi connectivity index (χ2v) is 4.78. The van der Waals surface area contributed by atoms with Crippen molar-refractivity contribution >= 4 is 32.7 Å². The predicted molar refractivity (Wildman–Crippen MR) is 71.5 cm³/mol. The average molecular weight is 307 g/mol. The molecular formula is C13H8BrFN2O. The minimum Gasteiger partial charge on any atom is -0.436 e. The SMILES string of the molecule is Nc1cc(F)ccc1-c1nc2cc(Br)ccc2o1. The van der Waals surface area contributed by atoms with Crippen LogP contribution in [0.4, 0.5) is 10.1 Å². The Bertz CT molecular complexity index is 739. The number of aromatic nitrogens is 1. The Balaban J connectivity index is 2.19. The van der Waals surface area contributed by atoms with Crippen LogP contribution in [0.3, 0.4) is 0 Å². The van der Waals surface area contributed by atoms with Crippen LogP contribution < -0.4 is 5.73 Å². The molecule has 3 rings (SSSR count). The van der Waals surface area contributed by atoms with Crippen molar-refractivity contribution in [1.82, 2.24) is 4.98 Å². The summed E-state index contributed by atoms with van der Waals surface area (Å²) in [7, 11) is 0. The number of oxazole rings is 1. The van der Waals surface area contributed by atoms with E-state index in [2.05, 4.69) is 20.9 Å². The number of nitrogens with two attached hydrogens (primary N) is 1. The first kappa shape index (κ1) is 11.2. The zero-order valence-corrected chi connectivity index (χ0v) is 10.7. The minimum atomic E-state index is -0.380. The van der Waals surface area contributed by atoms with Gasteiger partial charge in [-0.2, -0.15) is 0 Å². The van der Waals surface area contributed by atoms with Crippen LogP contribution in [-0.2, 0) is 0 Å². The highest BCUT2D eigenvalue weighted by molar-refractivity contribution is 9.10. The van der Waals surface area contributed by atoms with Gasteiger partial charge in [-0.1, -0.05) is 15.9 Å². The van der Waals surface area contributed by atoms with Gasteiger partial charge in [0.15, 0.2) is 5.58 Å². The van der Waals surface area contributed by atoms with E-state index in [1.165, 1.54) is 12.1 Å². The summed E-state index contributed by atoms with van der Waals surface area (Å²) in [5.74, 6) is 0.00991. The smallest absolute Gasteiger partial charge is 0.229 e. The van der Waals surface area contributed by atoms with E-state index < -0.39 is 0 Å². The fourth-order valence-corrected chi connectivity index (χ4v) is 2.09. The monoisotopic (exact) mass is 306 g/mol. The van der Waals surface area contributed by atoms with Gasteiger partial charge in [-0.25, -0.2) is 9.37 Å². The van der Waals surface area contributed by atoms with E-state index in [1.807, 2.05) is 18.2 Å². The molecule has 0 spiro atoms. The molecule has 0 bridgehead atoms. The van der Waals surface area contributed by atoms with Crippen LogP contribution >= 0.6 is 15.9 Å². The van der Waals surface area contributed by atoms with Crippen molar-refractivity contribution in [3.8, 4) is 11.5 Å². The standard InChI is InChI=1S/C13H8BrFN2O/c14-7-1-4-12-11(5-7)17-13(18-12)9-3-2-8(15)6-10(9)16/h1-6H,16H2. The zero-order valence-electron chi connectivity index (χ0n) is 9.15. The molecule has 1 heterocycles. The Hall–Kier alpha value is -1.88. The van der Waals surface area contributed by atoms with E-state index in [1.54, 1.807) is 6.07 Å². The van der Waals surface area contributed by atoms with E-state index >= 15 is 0 Å². The number of nitrogen functional groups attached to an aromatic ring is 1. The van der Waals surface area contributed by atoms with E-state index in [0.29, 0.717) is 22.7 Å². The molecule has 0 amide bonds. The molecule has 90 valence electrons. The number of hydrogen-bond donors (Lipinski definition) is 1. The third-order valence-corrected chi connectivity index (χ3v) is 3.09. The molecule has 0 radical (unpaired) electrons. The quantitative estimate of drug-likeness (QED) is 0.692. The molecule has 3 nitrogen and oxygen atoms in total. The summed E-state index contributed by atoms with van der Waals surface area (Å²) in [4.78, 5) is 4.34. The molecule has 0 saturated heterocycles. The Morgan fingerprint density at radius 1 is 1.17 bits per heavy atom. The maximum Gasteiger partial charge on any atom is 0.229 e. The van der Waals surface area contributed by atoms with E-state index in [4.69, 9.17) is 10.2 Å². The second-order valence-electron chi connectivity index (χ2n) is 3.86. The van der Waals surface area contributed by atoms with Crippen molar-refractivity contribution in [3.63, 3.8) is 0 Å². The molecule has 2 aromatic carbocycles. The first-order valence-electron chi connectivity index (χ1n) is 5.25. The van der Waals surface area contributed by atoms with Crippen LogP contribution in [-0.4, -0.2) is 4.98 Å². The van der Waals surface area contributed by atoms with Crippen LogP contribution in [0, 0.1) is 5.82 Å². The highest BCUT2D eigenvalue weighted by atomic mass is 79.9. The summed E-state index contributed by atoms with van der Waals surface area (Å²) >= 11 is 3.37. The Kier molecular flexibility index (Phi) is 2.56. The van der Waals surface area contributed by atoms with Crippen molar-refractivity contribution in [1.29, 1.82) is 0 Å². The molecule has 3 aromatic rings. The first-order chi connectivity index (χ1) is 8.63. The van der Waals surface area contributed by atoms with Crippen LogP contribution in [0.2, 0.25) is 0 Å². The van der Waals surface area contributed by atoms with Crippen molar-refractivity contribution in [2.45, 2.75) is 0 Å². The van der Waals surface area contributed by atoms with Gasteiger partial charge in [0.2, 0.25) is 5.89 Å². The number of hydrogen-bond acceptors (Lipinski definition) is 3. The van der Waals surface area contributed by atoms with Crippen LogP contribution in [0.15, 0.2) is 45.3 Å². The Labute approximate surface area is 111 Å². The Morgan fingerprint density at radius 2 is 2.00 bits per heavy atom. The lowest BCUT2D eigenvalue weighted by molar-refractivity contribution is 0.617. The van der Waals surface area contributed by atoms with Crippen molar-refractivity contribution in [2.24, 2.45) is 0 Å². The van der Waals surface area contributed by atoms with Crippen molar-refractivity contribution < 1.29 is 8.81 Å². The van der Waals surface area contributed by atoms with Gasteiger partial charge in [0.25, 0.3) is 0 Å². The highest BCUT2D eigenvalue weighted by Crippen LogP contribution is 2.30. The molecule has 1 aromatic heterocycles. The van der Waals surface area contributed by atoms with E-state index in [-0.39, 0.29) is 5.82 Å². The number of nitrogens with zero attached hydrogens (tertiary/aromatic N) is 1. The van der Waals surface area contributed by atoms with Crippen molar-refractivity contribution in [2.75, 3.05) is 5.73 Å². The molecule has 18 heavy (non-hydrogen) atoms. The fraction of sp³-hybridized carbons (Fsp3) is 0. The summed E-state index contributed by atoms with van der Waals surface area (Å²) in [6.45, 7) is 0. The number of anilines is 1. The van der Waals surface area contributed by atoms with Crippen LogP contribution in [0.1, 0.15) is 0 Å². The molecule has 5 heteroatoms. The average Bonchev–Trinajstić information content (AvgIpc) is 2.71. The van der Waals surface area contributed by atoms with Gasteiger partial charge < -0.3 is 10.2 Å². The first-order valence-corrected chi connectivity index (χ1v) is 6.04. The maximum absolute atomic E-state index is 13.0. The van der Waals surface area contributed by atoms with Crippen molar-refractivity contribution in [3.05, 3.63) is 46.7 Å². The summed E-state index contributed by atoms with van der Waals surface area (Å²) in [6.07, 6.45) is 0. The molecule has 2 N–H and O–H groups in total. The van der Waals surface area contributed by atoms with Gasteiger partial charge in [0.05, 0.1) is 5.56 Å².